The molecule has 0 amide bonds. The van der Waals surface area contributed by atoms with E-state index in [4.69, 9.17) is 0 Å². The fraction of sp³-hybridized carbons (Fsp3) is 0.200. The van der Waals surface area contributed by atoms with E-state index in [2.05, 4.69) is 0 Å². The van der Waals surface area contributed by atoms with Crippen LogP contribution in [0.25, 0.3) is 0 Å². The van der Waals surface area contributed by atoms with Crippen molar-refractivity contribution in [3.63, 3.8) is 0 Å². The molecule has 0 saturated carbocycles. The highest BCUT2D eigenvalue weighted by Crippen LogP contribution is 2.35. The Morgan fingerprint density at radius 3 is 2.33 bits per heavy atom. The minimum Gasteiger partial charge on any atom is -0.508 e. The Morgan fingerprint density at radius 1 is 0.944 bits per heavy atom. The number of hydrogen-bond donors (Lipinski definition) is 3. The lowest BCUT2D eigenvalue weighted by Gasteiger charge is -2.18. The SMILES string of the molecule is OCCC(c1ccccc1)c1cc(O)ccc1O. The van der Waals surface area contributed by atoms with Crippen molar-refractivity contribution in [3.8, 4) is 11.5 Å². The summed E-state index contributed by atoms with van der Waals surface area (Å²) in [5.74, 6) is 0.125. The molecule has 0 bridgehead atoms. The molecule has 0 aliphatic heterocycles. The summed E-state index contributed by atoms with van der Waals surface area (Å²) in [6.07, 6.45) is 0.501. The van der Waals surface area contributed by atoms with Crippen LogP contribution >= 0.6 is 0 Å². The van der Waals surface area contributed by atoms with Crippen LogP contribution in [0, 0.1) is 0 Å². The van der Waals surface area contributed by atoms with Crippen LogP contribution < -0.4 is 0 Å². The number of hydrogen-bond acceptors (Lipinski definition) is 3. The van der Waals surface area contributed by atoms with Crippen molar-refractivity contribution in [2.75, 3.05) is 6.61 Å². The smallest absolute Gasteiger partial charge is 0.119 e. The normalized spacial score (nSPS) is 12.3. The summed E-state index contributed by atoms with van der Waals surface area (Å²) in [6, 6.07) is 14.1. The first-order chi connectivity index (χ1) is 8.72. The van der Waals surface area contributed by atoms with Gasteiger partial charge >= 0.3 is 0 Å². The molecule has 3 heteroatoms. The van der Waals surface area contributed by atoms with Gasteiger partial charge in [-0.15, -0.1) is 0 Å². The van der Waals surface area contributed by atoms with Gasteiger partial charge in [-0.1, -0.05) is 30.3 Å². The molecular weight excluding hydrogens is 228 g/mol. The maximum Gasteiger partial charge on any atom is 0.119 e. The largest absolute Gasteiger partial charge is 0.508 e. The van der Waals surface area contributed by atoms with Gasteiger partial charge in [-0.2, -0.15) is 0 Å². The van der Waals surface area contributed by atoms with E-state index < -0.39 is 0 Å². The zero-order valence-corrected chi connectivity index (χ0v) is 9.95. The van der Waals surface area contributed by atoms with Crippen LogP contribution in [0.2, 0.25) is 0 Å². The van der Waals surface area contributed by atoms with Gasteiger partial charge in [-0.05, 0) is 30.2 Å². The average Bonchev–Trinajstić information content (AvgIpc) is 2.40. The molecule has 1 atom stereocenters. The second kappa shape index (κ2) is 5.56. The highest BCUT2D eigenvalue weighted by molar-refractivity contribution is 5.45. The van der Waals surface area contributed by atoms with Gasteiger partial charge in [0, 0.05) is 18.1 Å². The number of rotatable bonds is 4. The van der Waals surface area contributed by atoms with Crippen LogP contribution in [0.1, 0.15) is 23.5 Å². The molecule has 2 aromatic carbocycles. The number of aromatic hydroxyl groups is 2. The van der Waals surface area contributed by atoms with Gasteiger partial charge in [0.15, 0.2) is 0 Å². The van der Waals surface area contributed by atoms with Crippen molar-refractivity contribution < 1.29 is 15.3 Å². The second-order valence-electron chi connectivity index (χ2n) is 4.22. The molecule has 1 unspecified atom stereocenters. The first kappa shape index (κ1) is 12.5. The Kier molecular flexibility index (Phi) is 3.85. The van der Waals surface area contributed by atoms with Crippen molar-refractivity contribution in [1.29, 1.82) is 0 Å². The topological polar surface area (TPSA) is 60.7 Å². The Morgan fingerprint density at radius 2 is 1.67 bits per heavy atom. The number of aliphatic hydroxyl groups excluding tert-OH is 1. The predicted molar refractivity (Wildman–Crippen MR) is 69.8 cm³/mol. The van der Waals surface area contributed by atoms with Crippen molar-refractivity contribution >= 4 is 0 Å². The Bertz CT molecular complexity index is 508. The first-order valence-corrected chi connectivity index (χ1v) is 5.90. The van der Waals surface area contributed by atoms with E-state index in [9.17, 15) is 15.3 Å². The molecule has 0 saturated heterocycles. The summed E-state index contributed by atoms with van der Waals surface area (Å²) in [5.41, 5.74) is 1.64. The summed E-state index contributed by atoms with van der Waals surface area (Å²) in [7, 11) is 0. The minimum absolute atomic E-state index is 0.0225. The number of aliphatic hydroxyl groups is 1. The van der Waals surface area contributed by atoms with E-state index in [0.717, 1.165) is 5.56 Å². The van der Waals surface area contributed by atoms with Gasteiger partial charge in [-0.25, -0.2) is 0 Å². The van der Waals surface area contributed by atoms with Gasteiger partial charge in [0.05, 0.1) is 0 Å². The molecule has 18 heavy (non-hydrogen) atoms. The molecule has 0 aliphatic carbocycles. The van der Waals surface area contributed by atoms with Crippen molar-refractivity contribution in [2.45, 2.75) is 12.3 Å². The van der Waals surface area contributed by atoms with E-state index in [1.165, 1.54) is 12.1 Å². The molecule has 2 rings (SSSR count). The van der Waals surface area contributed by atoms with Gasteiger partial charge < -0.3 is 15.3 Å². The molecule has 0 aliphatic rings. The fourth-order valence-electron chi connectivity index (χ4n) is 2.14. The number of phenols is 2. The third-order valence-corrected chi connectivity index (χ3v) is 3.01. The van der Waals surface area contributed by atoms with Gasteiger partial charge in [-0.3, -0.25) is 0 Å². The molecule has 0 heterocycles. The van der Waals surface area contributed by atoms with E-state index in [-0.39, 0.29) is 24.0 Å². The number of benzene rings is 2. The summed E-state index contributed by atoms with van der Waals surface area (Å²) in [5, 5.41) is 28.6. The zero-order valence-electron chi connectivity index (χ0n) is 9.95. The Labute approximate surface area is 106 Å². The molecule has 94 valence electrons. The number of phenolic OH excluding ortho intramolecular Hbond substituents is 2. The standard InChI is InChI=1S/C15H16O3/c16-9-8-13(11-4-2-1-3-5-11)14-10-12(17)6-7-15(14)18/h1-7,10,13,16-18H,8-9H2. The Balaban J connectivity index is 2.44. The molecule has 3 nitrogen and oxygen atoms in total. The summed E-state index contributed by atoms with van der Waals surface area (Å²) >= 11 is 0. The van der Waals surface area contributed by atoms with Gasteiger partial charge in [0.1, 0.15) is 11.5 Å². The van der Waals surface area contributed by atoms with Crippen LogP contribution in [-0.4, -0.2) is 21.9 Å². The van der Waals surface area contributed by atoms with Crippen LogP contribution in [0.4, 0.5) is 0 Å². The van der Waals surface area contributed by atoms with Crippen LogP contribution in [0.5, 0.6) is 11.5 Å². The Hall–Kier alpha value is -2.00. The van der Waals surface area contributed by atoms with E-state index in [0.29, 0.717) is 12.0 Å². The third kappa shape index (κ3) is 2.63. The van der Waals surface area contributed by atoms with Crippen molar-refractivity contribution in [3.05, 3.63) is 59.7 Å². The highest BCUT2D eigenvalue weighted by atomic mass is 16.3. The maximum atomic E-state index is 9.90. The molecular formula is C15H16O3. The molecule has 3 N–H and O–H groups in total. The fourth-order valence-corrected chi connectivity index (χ4v) is 2.14. The maximum absolute atomic E-state index is 9.90. The monoisotopic (exact) mass is 244 g/mol. The lowest BCUT2D eigenvalue weighted by Crippen LogP contribution is -2.04. The highest BCUT2D eigenvalue weighted by Gasteiger charge is 2.17. The van der Waals surface area contributed by atoms with E-state index in [1.54, 1.807) is 6.07 Å². The summed E-state index contributed by atoms with van der Waals surface area (Å²) in [6.45, 7) is 0.0225. The predicted octanol–water partition coefficient (Wildman–Crippen LogP) is 2.61. The minimum atomic E-state index is -0.122. The van der Waals surface area contributed by atoms with Gasteiger partial charge in [0.2, 0.25) is 0 Å². The third-order valence-electron chi connectivity index (χ3n) is 3.01. The average molecular weight is 244 g/mol. The van der Waals surface area contributed by atoms with Crippen LogP contribution in [0.15, 0.2) is 48.5 Å². The summed E-state index contributed by atoms with van der Waals surface area (Å²) < 4.78 is 0. The summed E-state index contributed by atoms with van der Waals surface area (Å²) in [4.78, 5) is 0. The van der Waals surface area contributed by atoms with E-state index in [1.807, 2.05) is 30.3 Å². The quantitative estimate of drug-likeness (QED) is 0.724. The van der Waals surface area contributed by atoms with Gasteiger partial charge in [0.25, 0.3) is 0 Å². The zero-order chi connectivity index (χ0) is 13.0. The molecule has 0 aromatic heterocycles. The molecule has 0 spiro atoms. The lowest BCUT2D eigenvalue weighted by molar-refractivity contribution is 0.280. The second-order valence-corrected chi connectivity index (χ2v) is 4.22. The van der Waals surface area contributed by atoms with Crippen molar-refractivity contribution in [1.82, 2.24) is 0 Å². The van der Waals surface area contributed by atoms with Crippen LogP contribution in [-0.2, 0) is 0 Å². The van der Waals surface area contributed by atoms with Crippen LogP contribution in [0.3, 0.4) is 0 Å². The molecule has 0 radical (unpaired) electrons. The van der Waals surface area contributed by atoms with E-state index >= 15 is 0 Å². The lowest BCUT2D eigenvalue weighted by atomic mass is 9.88. The molecule has 0 fully saturated rings. The molecule has 2 aromatic rings. The van der Waals surface area contributed by atoms with Crippen molar-refractivity contribution in [2.24, 2.45) is 0 Å². The first-order valence-electron chi connectivity index (χ1n) is 5.90.